The number of fused-ring (bicyclic) bond motifs is 4. The molecule has 2 fully saturated rings. The monoisotopic (exact) mass is 334 g/mol. The quantitative estimate of drug-likeness (QED) is 0.915. The first-order valence-corrected chi connectivity index (χ1v) is 9.18. The van der Waals surface area contributed by atoms with Gasteiger partial charge in [0.25, 0.3) is 0 Å². The maximum atomic E-state index is 12.6. The molecule has 1 heterocycles. The summed E-state index contributed by atoms with van der Waals surface area (Å²) in [5.41, 5.74) is 5.05. The first kappa shape index (κ1) is 15.0. The van der Waals surface area contributed by atoms with E-state index in [0.29, 0.717) is 18.7 Å². The smallest absolute Gasteiger partial charge is 0.410 e. The fraction of sp³-hybridized carbons (Fsp3) is 0.381. The molecule has 4 nitrogen and oxygen atoms in total. The number of piperazine rings is 1. The average Bonchev–Trinajstić information content (AvgIpc) is 2.94. The Morgan fingerprint density at radius 1 is 1.04 bits per heavy atom. The minimum atomic E-state index is -0.155. The molecule has 2 aromatic rings. The van der Waals surface area contributed by atoms with Crippen LogP contribution in [-0.4, -0.2) is 42.8 Å². The van der Waals surface area contributed by atoms with Crippen LogP contribution in [0.15, 0.2) is 48.5 Å². The van der Waals surface area contributed by atoms with Gasteiger partial charge >= 0.3 is 6.09 Å². The second-order valence-electron chi connectivity index (χ2n) is 7.20. The molecule has 0 aromatic heterocycles. The highest BCUT2D eigenvalue weighted by molar-refractivity contribution is 5.79. The zero-order valence-electron chi connectivity index (χ0n) is 14.2. The summed E-state index contributed by atoms with van der Waals surface area (Å²) in [5, 5.41) is 3.48. The van der Waals surface area contributed by atoms with Crippen molar-refractivity contribution in [3.63, 3.8) is 0 Å². The molecule has 1 aliphatic heterocycles. The van der Waals surface area contributed by atoms with Gasteiger partial charge in [0, 0.05) is 25.0 Å². The van der Waals surface area contributed by atoms with Crippen molar-refractivity contribution in [2.45, 2.75) is 30.8 Å². The number of nitrogens with one attached hydrogen (secondary N) is 1. The lowest BCUT2D eigenvalue weighted by atomic mass is 9.83. The molecule has 0 spiro atoms. The lowest BCUT2D eigenvalue weighted by Crippen LogP contribution is -2.64. The summed E-state index contributed by atoms with van der Waals surface area (Å²) in [7, 11) is 0. The van der Waals surface area contributed by atoms with Crippen molar-refractivity contribution in [2.24, 2.45) is 0 Å². The first-order valence-electron chi connectivity index (χ1n) is 9.18. The number of nitrogens with zero attached hydrogens (tertiary/aromatic N) is 1. The van der Waals surface area contributed by atoms with Crippen LogP contribution in [0.25, 0.3) is 11.1 Å². The van der Waals surface area contributed by atoms with Crippen molar-refractivity contribution in [2.75, 3.05) is 19.7 Å². The van der Waals surface area contributed by atoms with Gasteiger partial charge in [-0.2, -0.15) is 0 Å². The Balaban J connectivity index is 1.35. The Morgan fingerprint density at radius 3 is 2.36 bits per heavy atom. The molecule has 5 rings (SSSR count). The third-order valence-corrected chi connectivity index (χ3v) is 5.97. The Kier molecular flexibility index (Phi) is 3.52. The number of benzene rings is 2. The van der Waals surface area contributed by atoms with Crippen molar-refractivity contribution in [1.29, 1.82) is 0 Å². The van der Waals surface area contributed by atoms with Gasteiger partial charge in [0.05, 0.1) is 6.04 Å². The molecule has 2 aromatic carbocycles. The van der Waals surface area contributed by atoms with E-state index in [1.54, 1.807) is 0 Å². The van der Waals surface area contributed by atoms with Gasteiger partial charge in [-0.1, -0.05) is 48.5 Å². The lowest BCUT2D eigenvalue weighted by molar-refractivity contribution is 0.0310. The number of carbonyl (C=O) groups is 1. The van der Waals surface area contributed by atoms with Crippen molar-refractivity contribution in [3.8, 4) is 11.1 Å². The summed E-state index contributed by atoms with van der Waals surface area (Å²) in [6.45, 7) is 2.03. The average molecular weight is 334 g/mol. The van der Waals surface area contributed by atoms with Crippen molar-refractivity contribution in [1.82, 2.24) is 10.2 Å². The van der Waals surface area contributed by atoms with Gasteiger partial charge in [-0.3, -0.25) is 0 Å². The van der Waals surface area contributed by atoms with Crippen LogP contribution in [0.4, 0.5) is 4.79 Å². The molecular weight excluding hydrogens is 312 g/mol. The van der Waals surface area contributed by atoms with E-state index in [0.717, 1.165) is 25.9 Å². The van der Waals surface area contributed by atoms with E-state index in [4.69, 9.17) is 4.74 Å². The molecule has 4 heteroatoms. The molecule has 0 radical (unpaired) electrons. The topological polar surface area (TPSA) is 41.6 Å². The Labute approximate surface area is 147 Å². The molecule has 2 atom stereocenters. The molecule has 1 amide bonds. The van der Waals surface area contributed by atoms with Gasteiger partial charge in [-0.05, 0) is 35.1 Å². The molecular formula is C21H22N2O2. The predicted octanol–water partition coefficient (Wildman–Crippen LogP) is 3.37. The standard InChI is InChI=1S/C21H22N2O2/c24-21(23-12-11-22-19-9-10-20(19)23)25-13-18-16-7-3-1-5-14(16)15-6-2-4-8-17(15)18/h1-8,18-20,22H,9-13H2/t19-,20+/m0/s1. The molecule has 25 heavy (non-hydrogen) atoms. The zero-order chi connectivity index (χ0) is 16.8. The van der Waals surface area contributed by atoms with E-state index in [1.165, 1.54) is 22.3 Å². The summed E-state index contributed by atoms with van der Waals surface area (Å²) in [5.74, 6) is 0.136. The van der Waals surface area contributed by atoms with Crippen LogP contribution in [0.3, 0.4) is 0 Å². The molecule has 128 valence electrons. The fourth-order valence-electron chi connectivity index (χ4n) is 4.53. The van der Waals surface area contributed by atoms with Crippen LogP contribution < -0.4 is 5.32 Å². The number of hydrogen-bond donors (Lipinski definition) is 1. The van der Waals surface area contributed by atoms with E-state index < -0.39 is 0 Å². The minimum absolute atomic E-state index is 0.136. The number of ether oxygens (including phenoxy) is 1. The van der Waals surface area contributed by atoms with E-state index >= 15 is 0 Å². The van der Waals surface area contributed by atoms with Gasteiger partial charge in [0.2, 0.25) is 0 Å². The molecule has 0 bridgehead atoms. The maximum absolute atomic E-state index is 12.6. The van der Waals surface area contributed by atoms with E-state index in [2.05, 4.69) is 53.8 Å². The second kappa shape index (κ2) is 5.88. The molecule has 1 N–H and O–H groups in total. The summed E-state index contributed by atoms with van der Waals surface area (Å²) < 4.78 is 5.79. The summed E-state index contributed by atoms with van der Waals surface area (Å²) in [4.78, 5) is 14.6. The van der Waals surface area contributed by atoms with Crippen molar-refractivity contribution < 1.29 is 9.53 Å². The van der Waals surface area contributed by atoms with Crippen molar-refractivity contribution >= 4 is 6.09 Å². The normalized spacial score (nSPS) is 24.1. The lowest BCUT2D eigenvalue weighted by Gasteiger charge is -2.48. The molecule has 3 aliphatic rings. The van der Waals surface area contributed by atoms with E-state index in [1.807, 2.05) is 4.90 Å². The van der Waals surface area contributed by atoms with Gasteiger partial charge in [-0.15, -0.1) is 0 Å². The molecule has 2 aliphatic carbocycles. The van der Waals surface area contributed by atoms with Crippen molar-refractivity contribution in [3.05, 3.63) is 59.7 Å². The third-order valence-electron chi connectivity index (χ3n) is 5.97. The highest BCUT2D eigenvalue weighted by atomic mass is 16.6. The number of hydrogen-bond acceptors (Lipinski definition) is 3. The Bertz CT molecular complexity index is 774. The predicted molar refractivity (Wildman–Crippen MR) is 96.6 cm³/mol. The van der Waals surface area contributed by atoms with Crippen LogP contribution >= 0.6 is 0 Å². The maximum Gasteiger partial charge on any atom is 0.410 e. The largest absolute Gasteiger partial charge is 0.448 e. The summed E-state index contributed by atoms with van der Waals surface area (Å²) >= 11 is 0. The van der Waals surface area contributed by atoms with E-state index in [9.17, 15) is 4.79 Å². The highest BCUT2D eigenvalue weighted by Crippen LogP contribution is 2.44. The van der Waals surface area contributed by atoms with Gasteiger partial charge in [0.15, 0.2) is 0 Å². The molecule has 1 saturated heterocycles. The van der Waals surface area contributed by atoms with Crippen LogP contribution in [0.2, 0.25) is 0 Å². The van der Waals surface area contributed by atoms with Crippen LogP contribution in [0.5, 0.6) is 0 Å². The summed E-state index contributed by atoms with van der Waals surface area (Å²) in [6.07, 6.45) is 2.10. The summed E-state index contributed by atoms with van der Waals surface area (Å²) in [6, 6.07) is 17.7. The first-order chi connectivity index (χ1) is 12.3. The van der Waals surface area contributed by atoms with E-state index in [-0.39, 0.29) is 12.0 Å². The van der Waals surface area contributed by atoms with Gasteiger partial charge < -0.3 is 15.0 Å². The van der Waals surface area contributed by atoms with Gasteiger partial charge in [-0.25, -0.2) is 4.79 Å². The highest BCUT2D eigenvalue weighted by Gasteiger charge is 2.41. The molecule has 1 saturated carbocycles. The molecule has 0 unspecified atom stereocenters. The van der Waals surface area contributed by atoms with Gasteiger partial charge in [0.1, 0.15) is 6.61 Å². The second-order valence-corrected chi connectivity index (χ2v) is 7.20. The number of carbonyl (C=O) groups excluding carboxylic acids is 1. The van der Waals surface area contributed by atoms with Crippen LogP contribution in [-0.2, 0) is 4.74 Å². The van der Waals surface area contributed by atoms with Crippen LogP contribution in [0, 0.1) is 0 Å². The Hall–Kier alpha value is -2.33. The Morgan fingerprint density at radius 2 is 1.72 bits per heavy atom. The number of amides is 1. The van der Waals surface area contributed by atoms with Crippen LogP contribution in [0.1, 0.15) is 29.9 Å². The fourth-order valence-corrected chi connectivity index (χ4v) is 4.53. The zero-order valence-corrected chi connectivity index (χ0v) is 14.2. The number of rotatable bonds is 2. The minimum Gasteiger partial charge on any atom is -0.448 e. The third kappa shape index (κ3) is 2.35. The SMILES string of the molecule is O=C(OCC1c2ccccc2-c2ccccc21)N1CCN[C@H]2CC[C@H]21.